The smallest absolute Gasteiger partial charge is 0.286 e. The molecule has 10 heteroatoms. The Kier molecular flexibility index (Phi) is 7.86. The van der Waals surface area contributed by atoms with Crippen LogP contribution in [0, 0.1) is 0 Å². The molecule has 0 bridgehead atoms. The van der Waals surface area contributed by atoms with Gasteiger partial charge in [-0.2, -0.15) is 0 Å². The summed E-state index contributed by atoms with van der Waals surface area (Å²) < 4.78 is 10.4. The molecule has 0 aliphatic heterocycles. The zero-order chi connectivity index (χ0) is 21.3. The van der Waals surface area contributed by atoms with Gasteiger partial charge in [0.05, 0.1) is 19.1 Å². The second kappa shape index (κ2) is 10.8. The summed E-state index contributed by atoms with van der Waals surface area (Å²) in [6, 6.07) is 10.7. The van der Waals surface area contributed by atoms with Gasteiger partial charge in [0.2, 0.25) is 10.9 Å². The minimum absolute atomic E-state index is 0.0148. The van der Waals surface area contributed by atoms with Gasteiger partial charge in [0.25, 0.3) is 5.91 Å². The standard InChI is InChI=1S/C20H22N4O4S2/c1-13(10-16-4-3-9-28-16)21-17(25)11-29-12-18-23-24-20(30-18)19(26)22-14-5-7-15(27-2)8-6-14/h3-9,13H,10-12H2,1-2H3,(H,21,25)(H,22,26)/t13-/m0/s1. The van der Waals surface area contributed by atoms with E-state index in [-0.39, 0.29) is 22.9 Å². The van der Waals surface area contributed by atoms with Crippen molar-refractivity contribution >= 4 is 40.6 Å². The third-order valence-corrected chi connectivity index (χ3v) is 6.01. The van der Waals surface area contributed by atoms with Crippen LogP contribution in [0.2, 0.25) is 0 Å². The highest BCUT2D eigenvalue weighted by Crippen LogP contribution is 2.19. The van der Waals surface area contributed by atoms with Crippen LogP contribution in [0.15, 0.2) is 47.1 Å². The van der Waals surface area contributed by atoms with Gasteiger partial charge in [-0.05, 0) is 43.3 Å². The van der Waals surface area contributed by atoms with E-state index in [1.54, 1.807) is 37.6 Å². The Morgan fingerprint density at radius 2 is 2.03 bits per heavy atom. The molecule has 0 saturated carbocycles. The maximum absolute atomic E-state index is 12.3. The van der Waals surface area contributed by atoms with Crippen molar-refractivity contribution in [3.63, 3.8) is 0 Å². The van der Waals surface area contributed by atoms with Gasteiger partial charge < -0.3 is 19.8 Å². The van der Waals surface area contributed by atoms with E-state index in [1.165, 1.54) is 23.1 Å². The number of hydrogen-bond donors (Lipinski definition) is 2. The van der Waals surface area contributed by atoms with Gasteiger partial charge in [-0.1, -0.05) is 11.3 Å². The highest BCUT2D eigenvalue weighted by molar-refractivity contribution is 7.99. The Hall–Kier alpha value is -2.85. The van der Waals surface area contributed by atoms with E-state index >= 15 is 0 Å². The number of rotatable bonds is 10. The van der Waals surface area contributed by atoms with Crippen LogP contribution in [-0.4, -0.2) is 40.9 Å². The monoisotopic (exact) mass is 446 g/mol. The van der Waals surface area contributed by atoms with Gasteiger partial charge in [-0.25, -0.2) is 0 Å². The maximum atomic E-state index is 12.3. The van der Waals surface area contributed by atoms with Gasteiger partial charge in [0.15, 0.2) is 0 Å². The molecule has 3 rings (SSSR count). The first kappa shape index (κ1) is 21.8. The van der Waals surface area contributed by atoms with Crippen molar-refractivity contribution < 1.29 is 18.7 Å². The van der Waals surface area contributed by atoms with Crippen LogP contribution in [-0.2, 0) is 17.0 Å². The zero-order valence-corrected chi connectivity index (χ0v) is 18.2. The van der Waals surface area contributed by atoms with Crippen molar-refractivity contribution in [1.29, 1.82) is 0 Å². The number of benzene rings is 1. The van der Waals surface area contributed by atoms with Gasteiger partial charge in [0.1, 0.15) is 16.5 Å². The lowest BCUT2D eigenvalue weighted by Crippen LogP contribution is -2.35. The SMILES string of the molecule is COc1ccc(NC(=O)c2nnc(CSCC(=O)N[C@@H](C)Cc3ccco3)s2)cc1. The third kappa shape index (κ3) is 6.60. The Bertz CT molecular complexity index is 958. The highest BCUT2D eigenvalue weighted by atomic mass is 32.2. The van der Waals surface area contributed by atoms with Gasteiger partial charge >= 0.3 is 0 Å². The molecule has 30 heavy (non-hydrogen) atoms. The number of ether oxygens (including phenoxy) is 1. The second-order valence-electron chi connectivity index (χ2n) is 6.43. The van der Waals surface area contributed by atoms with E-state index in [9.17, 15) is 9.59 Å². The molecular formula is C20H22N4O4S2. The number of amides is 2. The van der Waals surface area contributed by atoms with Crippen LogP contribution in [0.1, 0.15) is 27.5 Å². The average Bonchev–Trinajstić information content (AvgIpc) is 3.40. The molecule has 0 saturated heterocycles. The van der Waals surface area contributed by atoms with E-state index in [4.69, 9.17) is 9.15 Å². The number of carbonyl (C=O) groups excluding carboxylic acids is 2. The number of hydrogen-bond acceptors (Lipinski definition) is 8. The molecule has 1 aromatic carbocycles. The molecule has 3 aromatic rings. The van der Waals surface area contributed by atoms with Gasteiger partial charge in [-0.15, -0.1) is 22.0 Å². The largest absolute Gasteiger partial charge is 0.497 e. The molecule has 1 atom stereocenters. The number of anilines is 1. The lowest BCUT2D eigenvalue weighted by molar-refractivity contribution is -0.119. The summed E-state index contributed by atoms with van der Waals surface area (Å²) in [6.45, 7) is 1.93. The van der Waals surface area contributed by atoms with Crippen LogP contribution in [0.5, 0.6) is 5.75 Å². The molecule has 0 unspecified atom stereocenters. The molecule has 0 spiro atoms. The Morgan fingerprint density at radius 1 is 1.23 bits per heavy atom. The predicted molar refractivity (Wildman–Crippen MR) is 117 cm³/mol. The first-order valence-corrected chi connectivity index (χ1v) is 11.2. The van der Waals surface area contributed by atoms with Crippen LogP contribution in [0.25, 0.3) is 0 Å². The summed E-state index contributed by atoms with van der Waals surface area (Å²) in [4.78, 5) is 24.4. The third-order valence-electron chi connectivity index (χ3n) is 3.96. The number of nitrogens with zero attached hydrogens (tertiary/aromatic N) is 2. The van der Waals surface area contributed by atoms with E-state index < -0.39 is 0 Å². The van der Waals surface area contributed by atoms with Crippen molar-refractivity contribution in [3.05, 3.63) is 58.4 Å². The topological polar surface area (TPSA) is 106 Å². The average molecular weight is 447 g/mol. The first-order valence-electron chi connectivity index (χ1n) is 9.20. The summed E-state index contributed by atoms with van der Waals surface area (Å²) in [6.07, 6.45) is 2.26. The molecule has 0 radical (unpaired) electrons. The summed E-state index contributed by atoms with van der Waals surface area (Å²) in [5, 5.41) is 14.7. The van der Waals surface area contributed by atoms with Crippen molar-refractivity contribution in [2.75, 3.05) is 18.2 Å². The van der Waals surface area contributed by atoms with Crippen molar-refractivity contribution in [2.24, 2.45) is 0 Å². The number of nitrogens with one attached hydrogen (secondary N) is 2. The molecule has 2 aromatic heterocycles. The van der Waals surface area contributed by atoms with Crippen LogP contribution in [0.4, 0.5) is 5.69 Å². The molecule has 8 nitrogen and oxygen atoms in total. The van der Waals surface area contributed by atoms with Gasteiger partial charge in [-0.3, -0.25) is 9.59 Å². The number of methoxy groups -OCH3 is 1. The summed E-state index contributed by atoms with van der Waals surface area (Å²) >= 11 is 2.64. The normalized spacial score (nSPS) is 11.7. The maximum Gasteiger partial charge on any atom is 0.286 e. The lowest BCUT2D eigenvalue weighted by Gasteiger charge is -2.12. The van der Waals surface area contributed by atoms with E-state index in [0.29, 0.717) is 34.4 Å². The lowest BCUT2D eigenvalue weighted by atomic mass is 10.2. The Morgan fingerprint density at radius 3 is 2.73 bits per heavy atom. The van der Waals surface area contributed by atoms with Crippen LogP contribution < -0.4 is 15.4 Å². The molecule has 158 valence electrons. The van der Waals surface area contributed by atoms with E-state index in [0.717, 1.165) is 5.76 Å². The van der Waals surface area contributed by atoms with Gasteiger partial charge in [0, 0.05) is 23.9 Å². The molecule has 0 aliphatic rings. The van der Waals surface area contributed by atoms with Crippen molar-refractivity contribution in [2.45, 2.75) is 25.1 Å². The van der Waals surface area contributed by atoms with Crippen LogP contribution >= 0.6 is 23.1 Å². The summed E-state index contributed by atoms with van der Waals surface area (Å²) in [7, 11) is 1.58. The fourth-order valence-corrected chi connectivity index (χ4v) is 4.21. The fourth-order valence-electron chi connectivity index (χ4n) is 2.59. The Labute approximate surface area is 182 Å². The Balaban J connectivity index is 1.40. The highest BCUT2D eigenvalue weighted by Gasteiger charge is 2.14. The number of aromatic nitrogens is 2. The second-order valence-corrected chi connectivity index (χ2v) is 8.48. The first-order chi connectivity index (χ1) is 14.5. The summed E-state index contributed by atoms with van der Waals surface area (Å²) in [5.74, 6) is 1.98. The molecular weight excluding hydrogens is 424 g/mol. The molecule has 0 aliphatic carbocycles. The number of carbonyl (C=O) groups is 2. The minimum atomic E-state index is -0.321. The van der Waals surface area contributed by atoms with E-state index in [2.05, 4.69) is 20.8 Å². The predicted octanol–water partition coefficient (Wildman–Crippen LogP) is 3.37. The molecule has 0 fully saturated rings. The van der Waals surface area contributed by atoms with Crippen LogP contribution in [0.3, 0.4) is 0 Å². The van der Waals surface area contributed by atoms with E-state index in [1.807, 2.05) is 19.1 Å². The fraction of sp³-hybridized carbons (Fsp3) is 0.300. The number of furan rings is 1. The van der Waals surface area contributed by atoms with Crippen molar-refractivity contribution in [1.82, 2.24) is 15.5 Å². The summed E-state index contributed by atoms with van der Waals surface area (Å²) in [5.41, 5.74) is 0.646. The van der Waals surface area contributed by atoms with Crippen molar-refractivity contribution in [3.8, 4) is 5.75 Å². The quantitative estimate of drug-likeness (QED) is 0.492. The zero-order valence-electron chi connectivity index (χ0n) is 16.6. The minimum Gasteiger partial charge on any atom is -0.497 e. The molecule has 2 N–H and O–H groups in total. The molecule has 2 amide bonds. The molecule has 2 heterocycles. The number of thioether (sulfide) groups is 1.